The Morgan fingerprint density at radius 2 is 2.17 bits per heavy atom. The number of aromatic nitrogens is 2. The number of carbonyl (C=O) groups is 1. The maximum Gasteiger partial charge on any atom is 0.411 e. The molecule has 1 aliphatic rings. The minimum Gasteiger partial charge on any atom is -0.493 e. The zero-order valence-corrected chi connectivity index (χ0v) is 15.7. The Balaban J connectivity index is 1.39. The second-order valence-electron chi connectivity index (χ2n) is 6.86. The summed E-state index contributed by atoms with van der Waals surface area (Å²) in [6.07, 6.45) is 4.75. The lowest BCUT2D eigenvalue weighted by molar-refractivity contribution is 0.155. The van der Waals surface area contributed by atoms with Gasteiger partial charge in [0, 0.05) is 11.9 Å². The number of imidazole rings is 1. The van der Waals surface area contributed by atoms with Crippen molar-refractivity contribution in [3.63, 3.8) is 0 Å². The molecule has 0 aliphatic carbocycles. The molecule has 0 radical (unpaired) electrons. The fraction of sp³-hybridized carbons (Fsp3) is 0.227. The van der Waals surface area contributed by atoms with E-state index in [-0.39, 0.29) is 12.5 Å². The Morgan fingerprint density at radius 3 is 2.93 bits per heavy atom. The van der Waals surface area contributed by atoms with Crippen LogP contribution < -0.4 is 10.1 Å². The Morgan fingerprint density at radius 1 is 1.31 bits per heavy atom. The molecule has 29 heavy (non-hydrogen) atoms. The van der Waals surface area contributed by atoms with Gasteiger partial charge in [-0.15, -0.1) is 0 Å². The van der Waals surface area contributed by atoms with E-state index in [2.05, 4.69) is 21.4 Å². The number of nitrogens with one attached hydrogen (secondary N) is 2. The fourth-order valence-electron chi connectivity index (χ4n) is 3.39. The number of amides is 1. The highest BCUT2D eigenvalue weighted by Gasteiger charge is 2.23. The van der Waals surface area contributed by atoms with E-state index in [9.17, 15) is 4.79 Å². The maximum atomic E-state index is 12.2. The molecule has 4 rings (SSSR count). The van der Waals surface area contributed by atoms with Crippen LogP contribution in [0.1, 0.15) is 34.7 Å². The Labute approximate surface area is 168 Å². The largest absolute Gasteiger partial charge is 0.493 e. The van der Waals surface area contributed by atoms with Gasteiger partial charge >= 0.3 is 6.09 Å². The molecule has 2 heterocycles. The summed E-state index contributed by atoms with van der Waals surface area (Å²) in [5.74, 6) is 1.12. The molecule has 0 spiro atoms. The summed E-state index contributed by atoms with van der Waals surface area (Å²) in [5, 5.41) is 11.6. The van der Waals surface area contributed by atoms with Crippen LogP contribution in [0, 0.1) is 11.3 Å². The number of nitrogens with zero attached hydrogens (tertiary/aromatic N) is 2. The van der Waals surface area contributed by atoms with Crippen LogP contribution >= 0.6 is 0 Å². The van der Waals surface area contributed by atoms with Gasteiger partial charge in [-0.3, -0.25) is 5.32 Å². The lowest BCUT2D eigenvalue weighted by Gasteiger charge is -2.26. The molecule has 1 atom stereocenters. The van der Waals surface area contributed by atoms with Gasteiger partial charge in [0.1, 0.15) is 12.4 Å². The summed E-state index contributed by atoms with van der Waals surface area (Å²) >= 11 is 0. The molecular weight excluding hydrogens is 368 g/mol. The first-order valence-corrected chi connectivity index (χ1v) is 9.38. The van der Waals surface area contributed by atoms with Crippen LogP contribution in [0.25, 0.3) is 0 Å². The van der Waals surface area contributed by atoms with Gasteiger partial charge in [-0.2, -0.15) is 5.26 Å². The van der Waals surface area contributed by atoms with Gasteiger partial charge in [-0.1, -0.05) is 12.1 Å². The number of nitriles is 1. The van der Waals surface area contributed by atoms with Crippen molar-refractivity contribution in [1.82, 2.24) is 9.97 Å². The Kier molecular flexibility index (Phi) is 5.43. The summed E-state index contributed by atoms with van der Waals surface area (Å²) in [6, 6.07) is 14.6. The van der Waals surface area contributed by atoms with Crippen molar-refractivity contribution in [2.24, 2.45) is 0 Å². The molecule has 1 unspecified atom stereocenters. The summed E-state index contributed by atoms with van der Waals surface area (Å²) in [5.41, 5.74) is 4.11. The minimum atomic E-state index is -0.533. The topological polar surface area (TPSA) is 100 Å². The third-order valence-electron chi connectivity index (χ3n) is 4.88. The summed E-state index contributed by atoms with van der Waals surface area (Å²) in [7, 11) is 0. The predicted octanol–water partition coefficient (Wildman–Crippen LogP) is 4.14. The Bertz CT molecular complexity index is 1020. The van der Waals surface area contributed by atoms with Crippen molar-refractivity contribution in [1.29, 1.82) is 5.26 Å². The number of H-pyrrole nitrogens is 1. The van der Waals surface area contributed by atoms with E-state index in [1.54, 1.807) is 36.7 Å². The number of anilines is 1. The highest BCUT2D eigenvalue weighted by atomic mass is 16.5. The first-order valence-electron chi connectivity index (χ1n) is 9.38. The van der Waals surface area contributed by atoms with Crippen LogP contribution in [-0.2, 0) is 17.8 Å². The molecule has 7 nitrogen and oxygen atoms in total. The number of aromatic amines is 1. The van der Waals surface area contributed by atoms with Crippen molar-refractivity contribution >= 4 is 11.8 Å². The standard InChI is InChI=1S/C22H20N4O3/c23-11-15-1-3-16(4-2-15)13-29-22(27)26-18-5-6-21-20(10-18)17(7-8-28-21)9-19-12-24-14-25-19/h1-6,10,12,14,17H,7-9,13H2,(H,24,25)(H,26,27). The second kappa shape index (κ2) is 8.48. The minimum absolute atomic E-state index is 0.132. The van der Waals surface area contributed by atoms with Crippen LogP contribution in [-0.4, -0.2) is 22.7 Å². The quantitative estimate of drug-likeness (QED) is 0.684. The normalized spacial score (nSPS) is 14.9. The van der Waals surface area contributed by atoms with E-state index >= 15 is 0 Å². The molecule has 146 valence electrons. The molecule has 7 heteroatoms. The molecule has 0 bridgehead atoms. The number of carbonyl (C=O) groups excluding carboxylic acids is 1. The first kappa shape index (κ1) is 18.6. The van der Waals surface area contributed by atoms with Crippen molar-refractivity contribution in [2.45, 2.75) is 25.4 Å². The van der Waals surface area contributed by atoms with E-state index in [4.69, 9.17) is 14.7 Å². The molecule has 2 aromatic carbocycles. The maximum absolute atomic E-state index is 12.2. The van der Waals surface area contributed by atoms with Crippen molar-refractivity contribution in [2.75, 3.05) is 11.9 Å². The Hall–Kier alpha value is -3.79. The summed E-state index contributed by atoms with van der Waals surface area (Å²) in [4.78, 5) is 19.5. The van der Waals surface area contributed by atoms with E-state index in [0.717, 1.165) is 35.4 Å². The van der Waals surface area contributed by atoms with Crippen molar-refractivity contribution < 1.29 is 14.3 Å². The third-order valence-corrected chi connectivity index (χ3v) is 4.88. The molecule has 0 saturated heterocycles. The average Bonchev–Trinajstić information content (AvgIpc) is 3.26. The molecule has 1 amide bonds. The van der Waals surface area contributed by atoms with Crippen molar-refractivity contribution in [3.05, 3.63) is 77.4 Å². The van der Waals surface area contributed by atoms with Gasteiger partial charge in [-0.05, 0) is 60.2 Å². The second-order valence-corrected chi connectivity index (χ2v) is 6.86. The number of benzene rings is 2. The first-order chi connectivity index (χ1) is 14.2. The molecule has 3 aromatic rings. The average molecular weight is 388 g/mol. The van der Waals surface area contributed by atoms with Gasteiger partial charge in [0.05, 0.1) is 30.3 Å². The molecule has 1 aliphatic heterocycles. The van der Waals surface area contributed by atoms with E-state index < -0.39 is 6.09 Å². The number of rotatable bonds is 5. The highest BCUT2D eigenvalue weighted by molar-refractivity contribution is 5.85. The molecule has 0 fully saturated rings. The van der Waals surface area contributed by atoms with Gasteiger partial charge in [0.25, 0.3) is 0 Å². The number of hydrogen-bond donors (Lipinski definition) is 2. The van der Waals surface area contributed by atoms with Crippen LogP contribution in [0.5, 0.6) is 5.75 Å². The summed E-state index contributed by atoms with van der Waals surface area (Å²) in [6.45, 7) is 0.800. The summed E-state index contributed by atoms with van der Waals surface area (Å²) < 4.78 is 11.0. The molecular formula is C22H20N4O3. The van der Waals surface area contributed by atoms with Gasteiger partial charge in [-0.25, -0.2) is 9.78 Å². The molecule has 2 N–H and O–H groups in total. The van der Waals surface area contributed by atoms with E-state index in [1.165, 1.54) is 0 Å². The van der Waals surface area contributed by atoms with Gasteiger partial charge in [0.15, 0.2) is 0 Å². The lowest BCUT2D eigenvalue weighted by Crippen LogP contribution is -2.18. The van der Waals surface area contributed by atoms with Crippen molar-refractivity contribution in [3.8, 4) is 11.8 Å². The number of hydrogen-bond acceptors (Lipinski definition) is 5. The molecule has 0 saturated carbocycles. The number of fused-ring (bicyclic) bond motifs is 1. The van der Waals surface area contributed by atoms with E-state index in [0.29, 0.717) is 17.9 Å². The monoisotopic (exact) mass is 388 g/mol. The smallest absolute Gasteiger partial charge is 0.411 e. The van der Waals surface area contributed by atoms with Gasteiger partial charge in [0.2, 0.25) is 0 Å². The zero-order chi connectivity index (χ0) is 20.1. The van der Waals surface area contributed by atoms with Crippen LogP contribution in [0.4, 0.5) is 10.5 Å². The highest BCUT2D eigenvalue weighted by Crippen LogP contribution is 2.37. The lowest BCUT2D eigenvalue weighted by atomic mass is 9.89. The molecule has 1 aromatic heterocycles. The van der Waals surface area contributed by atoms with E-state index in [1.807, 2.05) is 18.3 Å². The van der Waals surface area contributed by atoms with Crippen LogP contribution in [0.15, 0.2) is 55.0 Å². The predicted molar refractivity (Wildman–Crippen MR) is 107 cm³/mol. The number of ether oxygens (including phenoxy) is 2. The van der Waals surface area contributed by atoms with Gasteiger partial charge < -0.3 is 14.5 Å². The zero-order valence-electron chi connectivity index (χ0n) is 15.7. The third kappa shape index (κ3) is 4.55. The SMILES string of the molecule is N#Cc1ccc(COC(=O)Nc2ccc3c(c2)C(Cc2c[nH]cn2)CCO3)cc1. The fourth-order valence-corrected chi connectivity index (χ4v) is 3.39. The van der Waals surface area contributed by atoms with Crippen LogP contribution in [0.3, 0.4) is 0 Å². The van der Waals surface area contributed by atoms with Crippen LogP contribution in [0.2, 0.25) is 0 Å².